The molecule has 98 heavy (non-hydrogen) atoms. The molecular formula is C68H80Cl3N19O8. The molecule has 516 valence electrons. The summed E-state index contributed by atoms with van der Waals surface area (Å²) in [5, 5.41) is 22.3. The third-order valence-corrected chi connectivity index (χ3v) is 22.6. The van der Waals surface area contributed by atoms with Crippen molar-refractivity contribution in [1.29, 1.82) is 0 Å². The number of pyridine rings is 3. The normalized spacial score (nSPS) is 26.5. The molecule has 9 fully saturated rings. The van der Waals surface area contributed by atoms with Gasteiger partial charge >= 0.3 is 11.9 Å². The van der Waals surface area contributed by atoms with E-state index in [1.165, 1.54) is 25.6 Å². The van der Waals surface area contributed by atoms with E-state index in [1.54, 1.807) is 62.2 Å². The summed E-state index contributed by atoms with van der Waals surface area (Å²) < 4.78 is 4.67. The molecule has 6 saturated heterocycles. The number of carbonyl (C=O) groups excluding carboxylic acids is 5. The lowest BCUT2D eigenvalue weighted by Gasteiger charge is -2.29. The van der Waals surface area contributed by atoms with Crippen LogP contribution in [-0.4, -0.2) is 193 Å². The summed E-state index contributed by atoms with van der Waals surface area (Å²) in [6, 6.07) is 9.70. The number of carboxylic acid groups (broad SMARTS) is 1. The van der Waals surface area contributed by atoms with Crippen LogP contribution in [0.1, 0.15) is 112 Å². The third kappa shape index (κ3) is 13.4. The van der Waals surface area contributed by atoms with Gasteiger partial charge in [-0.15, -0.1) is 0 Å². The third-order valence-electron chi connectivity index (χ3n) is 21.8. The molecule has 27 nitrogen and oxygen atoms in total. The number of amides is 4. The first kappa shape index (κ1) is 67.7. The number of ether oxygens (including phenoxy) is 1. The lowest BCUT2D eigenvalue weighted by Crippen LogP contribution is -2.36. The average Bonchev–Trinajstić information content (AvgIpc) is 1.58. The van der Waals surface area contributed by atoms with Gasteiger partial charge in [0, 0.05) is 136 Å². The van der Waals surface area contributed by atoms with Gasteiger partial charge in [-0.2, -0.15) is 15.0 Å². The first-order valence-electron chi connectivity index (χ1n) is 33.0. The van der Waals surface area contributed by atoms with Crippen LogP contribution in [0.5, 0.6) is 0 Å². The van der Waals surface area contributed by atoms with Gasteiger partial charge in [0.1, 0.15) is 32.1 Å². The van der Waals surface area contributed by atoms with Gasteiger partial charge in [-0.05, 0) is 74.9 Å². The minimum absolute atomic E-state index is 0.0287. The zero-order valence-corrected chi connectivity index (χ0v) is 58.3. The number of likely N-dealkylation sites (tertiary alicyclic amines) is 3. The Morgan fingerprint density at radius 2 is 0.714 bits per heavy atom. The molecule has 3 saturated carbocycles. The Bertz CT molecular complexity index is 3900. The minimum Gasteiger partial charge on any atom is -0.477 e. The maximum absolute atomic E-state index is 12.7. The van der Waals surface area contributed by atoms with Crippen LogP contribution in [0.25, 0.3) is 0 Å². The summed E-state index contributed by atoms with van der Waals surface area (Å²) in [4.78, 5) is 124. The topological polar surface area (TPSA) is 315 Å². The van der Waals surface area contributed by atoms with Crippen molar-refractivity contribution in [3.05, 3.63) is 106 Å². The Morgan fingerprint density at radius 1 is 0.429 bits per heavy atom. The van der Waals surface area contributed by atoms with E-state index < -0.39 is 11.9 Å². The number of esters is 1. The molecule has 0 bridgehead atoms. The molecule has 6 aromatic rings. The van der Waals surface area contributed by atoms with Gasteiger partial charge in [-0.3, -0.25) is 19.2 Å². The monoisotopic (exact) mass is 1400 g/mol. The molecule has 0 unspecified atom stereocenters. The van der Waals surface area contributed by atoms with Gasteiger partial charge in [0.05, 0.1) is 61.4 Å². The smallest absolute Gasteiger partial charge is 0.356 e. The number of aromatic carboxylic acids is 1. The van der Waals surface area contributed by atoms with E-state index in [-0.39, 0.29) is 67.5 Å². The number of rotatable bonds is 15. The van der Waals surface area contributed by atoms with E-state index in [1.807, 2.05) is 0 Å². The average molecular weight is 1400 g/mol. The van der Waals surface area contributed by atoms with Crippen molar-refractivity contribution in [1.82, 2.24) is 64.9 Å². The molecule has 4 amide bonds. The number of nitrogens with one attached hydrogen (secondary N) is 4. The van der Waals surface area contributed by atoms with Crippen LogP contribution in [0, 0.1) is 50.2 Å². The fourth-order valence-electron chi connectivity index (χ4n) is 15.0. The van der Waals surface area contributed by atoms with E-state index in [2.05, 4.69) is 142 Å². The Kier molecular flexibility index (Phi) is 17.8. The molecule has 0 spiro atoms. The van der Waals surface area contributed by atoms with Crippen LogP contribution in [0.3, 0.4) is 0 Å². The molecule has 30 heteroatoms. The highest BCUT2D eigenvalue weighted by molar-refractivity contribution is 6.33. The molecule has 9 aliphatic rings. The highest BCUT2D eigenvalue weighted by Gasteiger charge is 2.62. The first-order chi connectivity index (χ1) is 46.6. The largest absolute Gasteiger partial charge is 0.477 e. The van der Waals surface area contributed by atoms with Crippen molar-refractivity contribution in [3.8, 4) is 0 Å². The number of hydrogen-bond donors (Lipinski definition) is 5. The Labute approximate surface area is 582 Å². The Balaban J connectivity index is 0.000000132. The van der Waals surface area contributed by atoms with Crippen molar-refractivity contribution in [2.24, 2.45) is 50.2 Å². The summed E-state index contributed by atoms with van der Waals surface area (Å²) >= 11 is 19.5. The van der Waals surface area contributed by atoms with Gasteiger partial charge < -0.3 is 60.5 Å². The maximum atomic E-state index is 12.7. The number of halogens is 3. The molecule has 6 aliphatic heterocycles. The van der Waals surface area contributed by atoms with E-state index >= 15 is 0 Å². The van der Waals surface area contributed by atoms with Gasteiger partial charge in [0.15, 0.2) is 17.5 Å². The van der Waals surface area contributed by atoms with E-state index in [9.17, 15) is 28.8 Å². The number of anilines is 9. The minimum atomic E-state index is -1.08. The highest BCUT2D eigenvalue weighted by atomic mass is 35.5. The number of methoxy groups -OCH3 is 1. The van der Waals surface area contributed by atoms with Crippen molar-refractivity contribution < 1.29 is 38.6 Å². The fourth-order valence-corrected chi connectivity index (χ4v) is 15.6. The van der Waals surface area contributed by atoms with Crippen molar-refractivity contribution >= 4 is 123 Å². The van der Waals surface area contributed by atoms with E-state index in [4.69, 9.17) is 39.9 Å². The van der Waals surface area contributed by atoms with Crippen molar-refractivity contribution in [2.75, 3.05) is 123 Å². The van der Waals surface area contributed by atoms with Crippen LogP contribution >= 0.6 is 34.8 Å². The zero-order chi connectivity index (χ0) is 69.4. The number of carboxylic acids is 1. The van der Waals surface area contributed by atoms with Crippen LogP contribution in [-0.2, 0) is 19.1 Å². The van der Waals surface area contributed by atoms with E-state index in [0.29, 0.717) is 90.8 Å². The Hall–Kier alpha value is -8.82. The van der Waals surface area contributed by atoms with Gasteiger partial charge in [0.25, 0.3) is 5.91 Å². The summed E-state index contributed by atoms with van der Waals surface area (Å²) in [6.07, 6.45) is 15.4. The lowest BCUT2D eigenvalue weighted by atomic mass is 9.71. The maximum Gasteiger partial charge on any atom is 0.356 e. The molecular weight excluding hydrogens is 1320 g/mol. The second-order valence-corrected chi connectivity index (χ2v) is 30.7. The van der Waals surface area contributed by atoms with Crippen LogP contribution < -0.4 is 36.0 Å². The zero-order valence-electron chi connectivity index (χ0n) is 56.0. The predicted octanol–water partition coefficient (Wildman–Crippen LogP) is 8.90. The summed E-state index contributed by atoms with van der Waals surface area (Å²) in [6.45, 7) is 22.7. The summed E-state index contributed by atoms with van der Waals surface area (Å²) in [7, 11) is 2.88. The fraction of sp³-hybridized carbons (Fsp3) is 0.515. The number of carbonyl (C=O) groups is 6. The summed E-state index contributed by atoms with van der Waals surface area (Å²) in [5.41, 5.74) is 2.19. The van der Waals surface area contributed by atoms with Gasteiger partial charge in [0.2, 0.25) is 35.6 Å². The van der Waals surface area contributed by atoms with Crippen molar-refractivity contribution in [2.45, 2.75) is 80.1 Å². The lowest BCUT2D eigenvalue weighted by molar-refractivity contribution is -0.132. The van der Waals surface area contributed by atoms with Gasteiger partial charge in [-0.25, -0.2) is 39.5 Å². The number of hydrogen-bond acceptors (Lipinski definition) is 22. The molecule has 5 N–H and O–H groups in total. The number of fused-ring (bicyclic) bond motifs is 3. The molecule has 0 radical (unpaired) electrons. The second-order valence-electron chi connectivity index (χ2n) is 29.5. The molecule has 6 atom stereocenters. The standard InChI is InChI=1S/C23H28ClN7O2.C23H27ClN6O3.C22H25ClN6O3/c1-22-10-30(11-23(22,2)13-31(12-22)20(33)14-4-5-14)18-16(24)9-27-21(29-18)28-15-6-7-17(26-8-15)19(32)25-3;1-22-10-29(11-23(22,2)13-30(12-22)19(31)14-4-5-14)18-16(24)9-26-21(28-18)27-15-6-7-17(25-8-15)20(32)33-3;1-21-9-28(10-22(21,2)12-29(11-21)18(30)13-3-4-13)17-15(23)8-25-20(27-17)26-14-5-6-16(19(31)32)24-7-14/h6-9,14H,4-5,10-13H2,1-3H3,(H,25,32)(H,27,28,29);6-9,14H,4-5,10-13H2,1-3H3,(H,26,27,28);5-8,13H,3-4,9-12H2,1-2H3,(H,31,32)(H,25,26,27)/t2*22-,23+;21-,22+. The summed E-state index contributed by atoms with van der Waals surface area (Å²) in [5.74, 6) is 3.00. The Morgan fingerprint density at radius 3 is 0.959 bits per heavy atom. The van der Waals surface area contributed by atoms with Gasteiger partial charge in [-0.1, -0.05) is 76.3 Å². The first-order valence-corrected chi connectivity index (χ1v) is 34.2. The van der Waals surface area contributed by atoms with Crippen molar-refractivity contribution in [3.63, 3.8) is 0 Å². The molecule has 15 rings (SSSR count). The SMILES string of the molecule is CNC(=O)c1ccc(Nc2ncc(Cl)c(N3C[C@]4(C)CN(C(=O)C5CC5)C[C@]4(C)C3)n2)cn1.COC(=O)c1ccc(Nc2ncc(Cl)c(N3C[C@]4(C)CN(C(=O)C5CC5)C[C@]4(C)C3)n2)cn1.C[C@@]12CN(C(=O)C3CC3)C[C@]1(C)CN(c1nc(Nc3ccc(C(=O)O)nc3)ncc1Cl)C2. The van der Waals surface area contributed by atoms with E-state index in [0.717, 1.165) is 117 Å². The van der Waals surface area contributed by atoms with Crippen LogP contribution in [0.2, 0.25) is 15.1 Å². The molecule has 0 aromatic carbocycles. The highest BCUT2D eigenvalue weighted by Crippen LogP contribution is 2.57. The number of aromatic nitrogens is 9. The predicted molar refractivity (Wildman–Crippen MR) is 369 cm³/mol. The second kappa shape index (κ2) is 25.8. The molecule has 12 heterocycles. The quantitative estimate of drug-likeness (QED) is 0.0599. The molecule has 6 aromatic heterocycles. The number of nitrogens with zero attached hydrogens (tertiary/aromatic N) is 15. The van der Waals surface area contributed by atoms with Crippen LogP contribution in [0.15, 0.2) is 73.6 Å². The molecule has 3 aliphatic carbocycles. The van der Waals surface area contributed by atoms with Crippen LogP contribution in [0.4, 0.5) is 52.4 Å².